The molecule has 72 valence electrons. The summed E-state index contributed by atoms with van der Waals surface area (Å²) in [5, 5.41) is 0. The maximum Gasteiger partial charge on any atom is 0.124 e. The summed E-state index contributed by atoms with van der Waals surface area (Å²) in [6, 6.07) is 5.77. The Morgan fingerprint density at radius 3 is 2.79 bits per heavy atom. The van der Waals surface area contributed by atoms with Gasteiger partial charge >= 0.3 is 0 Å². The standard InChI is InChI=1S/C11H13N3/c1-9(8-14-10(2)12-3)11-6-4-5-7-13-11/h4-8H,3H2,1-2H3/b9-8+,14-10?. The van der Waals surface area contributed by atoms with Crippen molar-refractivity contribution >= 4 is 18.1 Å². The average Bonchev–Trinajstić information content (AvgIpc) is 2.26. The fourth-order valence-electron chi connectivity index (χ4n) is 0.893. The van der Waals surface area contributed by atoms with Gasteiger partial charge in [-0.25, -0.2) is 9.98 Å². The maximum atomic E-state index is 4.20. The van der Waals surface area contributed by atoms with Gasteiger partial charge in [0.1, 0.15) is 5.84 Å². The molecule has 0 aliphatic heterocycles. The minimum Gasteiger partial charge on any atom is -0.257 e. The second-order valence-electron chi connectivity index (χ2n) is 2.86. The molecule has 0 saturated carbocycles. The molecule has 0 unspecified atom stereocenters. The topological polar surface area (TPSA) is 37.6 Å². The van der Waals surface area contributed by atoms with Crippen LogP contribution in [0.5, 0.6) is 0 Å². The fourth-order valence-corrected chi connectivity index (χ4v) is 0.893. The monoisotopic (exact) mass is 187 g/mol. The molecule has 3 nitrogen and oxygen atoms in total. The van der Waals surface area contributed by atoms with Crippen molar-refractivity contribution < 1.29 is 0 Å². The Morgan fingerprint density at radius 1 is 1.43 bits per heavy atom. The Bertz CT molecular complexity index is 363. The molecular formula is C11H13N3. The highest BCUT2D eigenvalue weighted by Gasteiger charge is 1.93. The van der Waals surface area contributed by atoms with Gasteiger partial charge in [-0.05, 0) is 38.3 Å². The molecule has 0 atom stereocenters. The van der Waals surface area contributed by atoms with Crippen LogP contribution in [0.1, 0.15) is 19.5 Å². The SMILES string of the molecule is C=NC(C)=N/C=C(\C)c1ccccn1. The summed E-state index contributed by atoms with van der Waals surface area (Å²) in [5.41, 5.74) is 1.93. The van der Waals surface area contributed by atoms with Crippen molar-refractivity contribution in [2.45, 2.75) is 13.8 Å². The van der Waals surface area contributed by atoms with Crippen LogP contribution in [-0.2, 0) is 0 Å². The van der Waals surface area contributed by atoms with E-state index in [2.05, 4.69) is 21.7 Å². The predicted molar refractivity (Wildman–Crippen MR) is 60.5 cm³/mol. The van der Waals surface area contributed by atoms with Crippen LogP contribution in [0.2, 0.25) is 0 Å². The molecule has 1 aromatic rings. The van der Waals surface area contributed by atoms with E-state index in [0.717, 1.165) is 11.3 Å². The first-order valence-corrected chi connectivity index (χ1v) is 4.33. The van der Waals surface area contributed by atoms with Gasteiger partial charge in [-0.15, -0.1) is 0 Å². The first-order chi connectivity index (χ1) is 6.74. The summed E-state index contributed by atoms with van der Waals surface area (Å²) < 4.78 is 0. The number of allylic oxidation sites excluding steroid dienone is 1. The molecule has 0 N–H and O–H groups in total. The van der Waals surface area contributed by atoms with E-state index in [0.29, 0.717) is 5.84 Å². The lowest BCUT2D eigenvalue weighted by atomic mass is 10.2. The third-order valence-corrected chi connectivity index (χ3v) is 1.74. The van der Waals surface area contributed by atoms with Crippen molar-refractivity contribution in [3.05, 3.63) is 36.3 Å². The third kappa shape index (κ3) is 2.94. The largest absolute Gasteiger partial charge is 0.257 e. The van der Waals surface area contributed by atoms with Gasteiger partial charge in [-0.2, -0.15) is 0 Å². The lowest BCUT2D eigenvalue weighted by Crippen LogP contribution is -1.85. The number of aliphatic imine (C=N–C) groups is 2. The molecule has 0 aliphatic rings. The van der Waals surface area contributed by atoms with Crippen molar-refractivity contribution in [1.82, 2.24) is 4.98 Å². The summed E-state index contributed by atoms with van der Waals surface area (Å²) in [6.45, 7) is 7.15. The summed E-state index contributed by atoms with van der Waals surface area (Å²) in [4.78, 5) is 12.0. The highest BCUT2D eigenvalue weighted by atomic mass is 14.9. The average molecular weight is 187 g/mol. The molecule has 0 radical (unpaired) electrons. The summed E-state index contributed by atoms with van der Waals surface area (Å²) in [7, 11) is 0. The molecule has 0 fully saturated rings. The minimum atomic E-state index is 0.653. The zero-order valence-corrected chi connectivity index (χ0v) is 8.44. The molecule has 0 amide bonds. The van der Waals surface area contributed by atoms with E-state index in [1.165, 1.54) is 0 Å². The Kier molecular flexibility index (Phi) is 3.73. The number of hydrogen-bond donors (Lipinski definition) is 0. The van der Waals surface area contributed by atoms with Crippen LogP contribution in [0.25, 0.3) is 5.57 Å². The van der Waals surface area contributed by atoms with Crippen molar-refractivity contribution in [3.63, 3.8) is 0 Å². The van der Waals surface area contributed by atoms with E-state index in [1.54, 1.807) is 19.3 Å². The second-order valence-corrected chi connectivity index (χ2v) is 2.86. The van der Waals surface area contributed by atoms with Crippen LogP contribution in [0.3, 0.4) is 0 Å². The smallest absolute Gasteiger partial charge is 0.124 e. The van der Waals surface area contributed by atoms with Gasteiger partial charge in [0, 0.05) is 12.4 Å². The Hall–Kier alpha value is -1.77. The Morgan fingerprint density at radius 2 is 2.21 bits per heavy atom. The number of aromatic nitrogens is 1. The van der Waals surface area contributed by atoms with E-state index in [-0.39, 0.29) is 0 Å². The molecule has 1 rings (SSSR count). The quantitative estimate of drug-likeness (QED) is 0.518. The summed E-state index contributed by atoms with van der Waals surface area (Å²) >= 11 is 0. The number of amidine groups is 1. The van der Waals surface area contributed by atoms with Crippen molar-refractivity contribution in [1.29, 1.82) is 0 Å². The van der Waals surface area contributed by atoms with Gasteiger partial charge < -0.3 is 0 Å². The third-order valence-electron chi connectivity index (χ3n) is 1.74. The number of rotatable bonds is 2. The Balaban J connectivity index is 2.86. The number of hydrogen-bond acceptors (Lipinski definition) is 2. The van der Waals surface area contributed by atoms with Gasteiger partial charge in [0.15, 0.2) is 0 Å². The Labute approximate surface area is 83.9 Å². The maximum absolute atomic E-state index is 4.20. The molecule has 0 aliphatic carbocycles. The highest BCUT2D eigenvalue weighted by Crippen LogP contribution is 2.09. The van der Waals surface area contributed by atoms with Gasteiger partial charge in [0.05, 0.1) is 5.69 Å². The zero-order chi connectivity index (χ0) is 10.4. The molecule has 0 bridgehead atoms. The molecule has 1 aromatic heterocycles. The van der Waals surface area contributed by atoms with E-state index in [9.17, 15) is 0 Å². The van der Waals surface area contributed by atoms with E-state index in [4.69, 9.17) is 0 Å². The zero-order valence-electron chi connectivity index (χ0n) is 8.44. The molecule has 0 spiro atoms. The highest BCUT2D eigenvalue weighted by molar-refractivity contribution is 5.84. The van der Waals surface area contributed by atoms with Crippen LogP contribution in [0.15, 0.2) is 40.6 Å². The van der Waals surface area contributed by atoms with Gasteiger partial charge in [0.2, 0.25) is 0 Å². The molecule has 14 heavy (non-hydrogen) atoms. The van der Waals surface area contributed by atoms with E-state index >= 15 is 0 Å². The summed E-state index contributed by atoms with van der Waals surface area (Å²) in [5.74, 6) is 0.653. The predicted octanol–water partition coefficient (Wildman–Crippen LogP) is 2.56. The van der Waals surface area contributed by atoms with Crippen molar-refractivity contribution in [2.75, 3.05) is 0 Å². The lowest BCUT2D eigenvalue weighted by Gasteiger charge is -1.97. The molecular weight excluding hydrogens is 174 g/mol. The lowest BCUT2D eigenvalue weighted by molar-refractivity contribution is 1.26. The van der Waals surface area contributed by atoms with Crippen LogP contribution in [0, 0.1) is 0 Å². The molecule has 0 saturated heterocycles. The normalized spacial score (nSPS) is 12.7. The van der Waals surface area contributed by atoms with Gasteiger partial charge in [-0.3, -0.25) is 4.98 Å². The fraction of sp³-hybridized carbons (Fsp3) is 0.182. The van der Waals surface area contributed by atoms with Crippen LogP contribution >= 0.6 is 0 Å². The number of pyridine rings is 1. The first kappa shape index (κ1) is 10.3. The van der Waals surface area contributed by atoms with Gasteiger partial charge in [0.25, 0.3) is 0 Å². The minimum absolute atomic E-state index is 0.653. The van der Waals surface area contributed by atoms with Crippen LogP contribution < -0.4 is 0 Å². The van der Waals surface area contributed by atoms with Gasteiger partial charge in [-0.1, -0.05) is 6.07 Å². The van der Waals surface area contributed by atoms with Crippen molar-refractivity contribution in [3.8, 4) is 0 Å². The van der Waals surface area contributed by atoms with E-state index < -0.39 is 0 Å². The summed E-state index contributed by atoms with van der Waals surface area (Å²) in [6.07, 6.45) is 3.50. The molecule has 1 heterocycles. The van der Waals surface area contributed by atoms with Crippen LogP contribution in [-0.4, -0.2) is 17.5 Å². The molecule has 3 heteroatoms. The first-order valence-electron chi connectivity index (χ1n) is 4.33. The van der Waals surface area contributed by atoms with Crippen LogP contribution in [0.4, 0.5) is 0 Å². The van der Waals surface area contributed by atoms with Crippen molar-refractivity contribution in [2.24, 2.45) is 9.98 Å². The number of nitrogens with zero attached hydrogens (tertiary/aromatic N) is 3. The second kappa shape index (κ2) is 5.07. The molecule has 0 aromatic carbocycles. The van der Waals surface area contributed by atoms with E-state index in [1.807, 2.05) is 25.1 Å².